The quantitative estimate of drug-likeness (QED) is 0.470. The highest BCUT2D eigenvalue weighted by molar-refractivity contribution is 8.00. The molecule has 9 heteroatoms. The van der Waals surface area contributed by atoms with Gasteiger partial charge in [0, 0.05) is 19.7 Å². The number of benzene rings is 1. The molecule has 1 amide bonds. The number of aromatic nitrogens is 3. The van der Waals surface area contributed by atoms with Crippen molar-refractivity contribution in [2.24, 2.45) is 0 Å². The Balaban J connectivity index is 1.60. The second-order valence-electron chi connectivity index (χ2n) is 6.66. The van der Waals surface area contributed by atoms with Crippen LogP contribution in [0.15, 0.2) is 42.1 Å². The van der Waals surface area contributed by atoms with Gasteiger partial charge in [0.25, 0.3) is 0 Å². The Bertz CT molecular complexity index is 839. The van der Waals surface area contributed by atoms with Crippen LogP contribution in [0.1, 0.15) is 25.6 Å². The Hall–Kier alpha value is -2.39. The van der Waals surface area contributed by atoms with Crippen LogP contribution in [0, 0.1) is 5.82 Å². The van der Waals surface area contributed by atoms with E-state index in [1.54, 1.807) is 24.3 Å². The summed E-state index contributed by atoms with van der Waals surface area (Å²) < 4.78 is 26.6. The summed E-state index contributed by atoms with van der Waals surface area (Å²) in [6.07, 6.45) is 3.82. The Labute approximate surface area is 173 Å². The molecule has 1 fully saturated rings. The third-order valence-corrected chi connectivity index (χ3v) is 5.56. The highest BCUT2D eigenvalue weighted by atomic mass is 32.2. The van der Waals surface area contributed by atoms with Gasteiger partial charge in [-0.25, -0.2) is 4.39 Å². The number of halogens is 1. The Morgan fingerprint density at radius 3 is 3.07 bits per heavy atom. The van der Waals surface area contributed by atoms with Gasteiger partial charge in [0.05, 0.1) is 11.4 Å². The van der Waals surface area contributed by atoms with Gasteiger partial charge in [-0.05, 0) is 31.9 Å². The molecule has 1 aliphatic heterocycles. The fourth-order valence-corrected chi connectivity index (χ4v) is 3.81. The smallest absolute Gasteiger partial charge is 0.233 e. The van der Waals surface area contributed by atoms with Crippen molar-refractivity contribution in [1.82, 2.24) is 20.1 Å². The van der Waals surface area contributed by atoms with Crippen LogP contribution in [0.4, 0.5) is 4.39 Å². The predicted octanol–water partition coefficient (Wildman–Crippen LogP) is 2.96. The molecule has 1 N–H and O–H groups in total. The summed E-state index contributed by atoms with van der Waals surface area (Å²) in [5.41, 5.74) is 0. The number of allylic oxidation sites excluding steroid dienone is 1. The van der Waals surface area contributed by atoms with E-state index in [9.17, 15) is 9.18 Å². The third-order valence-electron chi connectivity index (χ3n) is 4.48. The molecule has 0 radical (unpaired) electrons. The lowest BCUT2D eigenvalue weighted by molar-refractivity contribution is -0.120. The first-order valence-electron chi connectivity index (χ1n) is 9.54. The summed E-state index contributed by atoms with van der Waals surface area (Å²) in [7, 11) is 0. The zero-order valence-electron chi connectivity index (χ0n) is 16.3. The molecule has 3 rings (SSSR count). The lowest BCUT2D eigenvalue weighted by Crippen LogP contribution is -2.36. The number of para-hydroxylation sites is 1. The molecule has 2 atom stereocenters. The number of hydrogen-bond donors (Lipinski definition) is 1. The topological polar surface area (TPSA) is 78.3 Å². The average molecular weight is 421 g/mol. The number of ether oxygens (including phenoxy) is 2. The van der Waals surface area contributed by atoms with Gasteiger partial charge in [-0.2, -0.15) is 0 Å². The molecule has 0 saturated carbocycles. The minimum Gasteiger partial charge on any atom is -0.483 e. The maximum absolute atomic E-state index is 13.8. The van der Waals surface area contributed by atoms with E-state index in [2.05, 4.69) is 22.1 Å². The molecule has 0 spiro atoms. The second-order valence-corrected chi connectivity index (χ2v) is 7.97. The Morgan fingerprint density at radius 1 is 1.52 bits per heavy atom. The Morgan fingerprint density at radius 2 is 2.34 bits per heavy atom. The van der Waals surface area contributed by atoms with Gasteiger partial charge >= 0.3 is 0 Å². The molecular formula is C20H25FN4O3S. The highest BCUT2D eigenvalue weighted by Crippen LogP contribution is 2.24. The minimum atomic E-state index is -0.437. The zero-order chi connectivity index (χ0) is 20.6. The van der Waals surface area contributed by atoms with Gasteiger partial charge in [-0.15, -0.1) is 16.8 Å². The van der Waals surface area contributed by atoms with Gasteiger partial charge in [0.2, 0.25) is 5.91 Å². The number of nitrogens with one attached hydrogen (secondary N) is 1. The largest absolute Gasteiger partial charge is 0.483 e. The fraction of sp³-hybridized carbons (Fsp3) is 0.450. The average Bonchev–Trinajstić information content (AvgIpc) is 3.36. The summed E-state index contributed by atoms with van der Waals surface area (Å²) in [5, 5.41) is 11.5. The van der Waals surface area contributed by atoms with E-state index in [1.165, 1.54) is 17.8 Å². The Kier molecular flexibility index (Phi) is 7.65. The van der Waals surface area contributed by atoms with E-state index >= 15 is 0 Å². The van der Waals surface area contributed by atoms with Crippen molar-refractivity contribution in [3.8, 4) is 5.75 Å². The van der Waals surface area contributed by atoms with Crippen LogP contribution in [-0.4, -0.2) is 45.2 Å². The van der Waals surface area contributed by atoms with Gasteiger partial charge in [-0.1, -0.05) is 30.0 Å². The van der Waals surface area contributed by atoms with Crippen LogP contribution in [0.3, 0.4) is 0 Å². The maximum Gasteiger partial charge on any atom is 0.233 e. The van der Waals surface area contributed by atoms with Gasteiger partial charge < -0.3 is 14.8 Å². The van der Waals surface area contributed by atoms with Crippen molar-refractivity contribution in [3.05, 3.63) is 48.6 Å². The monoisotopic (exact) mass is 420 g/mol. The molecule has 156 valence electrons. The number of amides is 1. The summed E-state index contributed by atoms with van der Waals surface area (Å²) >= 11 is 1.31. The van der Waals surface area contributed by atoms with Crippen molar-refractivity contribution in [2.75, 3.05) is 13.2 Å². The van der Waals surface area contributed by atoms with E-state index < -0.39 is 5.82 Å². The standard InChI is InChI=1S/C20H25FN4O3S/c1-3-10-25-18(13-28-17-9-5-4-8-16(17)21)23-24-20(25)29-14(2)19(26)22-12-15-7-6-11-27-15/h3-5,8-9,14-15H,1,6-7,10-13H2,2H3,(H,22,26). The molecule has 0 aliphatic carbocycles. The van der Waals surface area contributed by atoms with Crippen LogP contribution >= 0.6 is 11.8 Å². The fourth-order valence-electron chi connectivity index (χ4n) is 2.90. The molecule has 2 heterocycles. The maximum atomic E-state index is 13.8. The normalized spacial score (nSPS) is 17.1. The number of thioether (sulfide) groups is 1. The molecule has 1 aromatic carbocycles. The van der Waals surface area contributed by atoms with Gasteiger partial charge in [0.15, 0.2) is 22.5 Å². The summed E-state index contributed by atoms with van der Waals surface area (Å²) in [6.45, 7) is 7.36. The number of rotatable bonds is 10. The van der Waals surface area contributed by atoms with E-state index in [4.69, 9.17) is 9.47 Å². The van der Waals surface area contributed by atoms with E-state index in [1.807, 2.05) is 11.5 Å². The van der Waals surface area contributed by atoms with Gasteiger partial charge in [0.1, 0.15) is 6.61 Å². The van der Waals surface area contributed by atoms with Crippen LogP contribution in [0.5, 0.6) is 5.75 Å². The lowest BCUT2D eigenvalue weighted by Gasteiger charge is -2.15. The van der Waals surface area contributed by atoms with Crippen molar-refractivity contribution in [2.45, 2.75) is 49.4 Å². The number of nitrogens with zero attached hydrogens (tertiary/aromatic N) is 3. The molecule has 0 bridgehead atoms. The molecule has 1 aliphatic rings. The summed E-state index contributed by atoms with van der Waals surface area (Å²) in [5.74, 6) is 0.163. The van der Waals surface area contributed by atoms with Crippen molar-refractivity contribution in [3.63, 3.8) is 0 Å². The number of hydrogen-bond acceptors (Lipinski definition) is 6. The molecule has 2 aromatic rings. The first-order valence-corrected chi connectivity index (χ1v) is 10.4. The molecule has 7 nitrogen and oxygen atoms in total. The summed E-state index contributed by atoms with van der Waals surface area (Å²) in [4.78, 5) is 12.4. The first-order chi connectivity index (χ1) is 14.1. The summed E-state index contributed by atoms with van der Waals surface area (Å²) in [6, 6.07) is 6.19. The van der Waals surface area contributed by atoms with Crippen LogP contribution in [-0.2, 0) is 22.7 Å². The number of carbonyl (C=O) groups is 1. The molecule has 1 aromatic heterocycles. The SMILES string of the molecule is C=CCn1c(COc2ccccc2F)nnc1SC(C)C(=O)NCC1CCCO1. The van der Waals surface area contributed by atoms with Crippen molar-refractivity contribution in [1.29, 1.82) is 0 Å². The van der Waals surface area contributed by atoms with E-state index in [0.717, 1.165) is 19.4 Å². The van der Waals surface area contributed by atoms with E-state index in [-0.39, 0.29) is 29.6 Å². The van der Waals surface area contributed by atoms with Gasteiger partial charge in [-0.3, -0.25) is 9.36 Å². The number of carbonyl (C=O) groups excluding carboxylic acids is 1. The molecule has 1 saturated heterocycles. The molecular weight excluding hydrogens is 395 g/mol. The van der Waals surface area contributed by atoms with Crippen molar-refractivity contribution >= 4 is 17.7 Å². The minimum absolute atomic E-state index is 0.0575. The van der Waals surface area contributed by atoms with E-state index in [0.29, 0.717) is 24.1 Å². The van der Waals surface area contributed by atoms with Crippen LogP contribution in [0.2, 0.25) is 0 Å². The molecule has 2 unspecified atom stereocenters. The first kappa shape index (κ1) is 21.3. The van der Waals surface area contributed by atoms with Crippen LogP contribution in [0.25, 0.3) is 0 Å². The lowest BCUT2D eigenvalue weighted by atomic mass is 10.2. The second kappa shape index (κ2) is 10.4. The molecule has 29 heavy (non-hydrogen) atoms. The third kappa shape index (κ3) is 5.80. The van der Waals surface area contributed by atoms with Crippen molar-refractivity contribution < 1.29 is 18.7 Å². The highest BCUT2D eigenvalue weighted by Gasteiger charge is 2.22. The van der Waals surface area contributed by atoms with Crippen LogP contribution < -0.4 is 10.1 Å². The zero-order valence-corrected chi connectivity index (χ0v) is 17.2. The predicted molar refractivity (Wildman–Crippen MR) is 108 cm³/mol.